The van der Waals surface area contributed by atoms with Crippen molar-refractivity contribution in [1.29, 1.82) is 0 Å². The van der Waals surface area contributed by atoms with Crippen LogP contribution < -0.4 is 5.32 Å². The van der Waals surface area contributed by atoms with Crippen LogP contribution in [0.2, 0.25) is 0 Å². The van der Waals surface area contributed by atoms with Gasteiger partial charge in [-0.15, -0.1) is 0 Å². The first-order valence-corrected chi connectivity index (χ1v) is 4.77. The second-order valence-electron chi connectivity index (χ2n) is 3.61. The van der Waals surface area contributed by atoms with Crippen LogP contribution in [-0.4, -0.2) is 28.0 Å². The van der Waals surface area contributed by atoms with Crippen molar-refractivity contribution in [3.63, 3.8) is 0 Å². The van der Waals surface area contributed by atoms with E-state index in [0.717, 1.165) is 19.6 Å². The first kappa shape index (κ1) is 8.56. The Morgan fingerprint density at radius 3 is 2.92 bits per heavy atom. The Hall–Kier alpha value is -1.03. The number of aromatic hydroxyl groups is 1. The van der Waals surface area contributed by atoms with Crippen molar-refractivity contribution in [3.05, 3.63) is 12.4 Å². The van der Waals surface area contributed by atoms with E-state index in [2.05, 4.69) is 10.4 Å². The van der Waals surface area contributed by atoms with Crippen LogP contribution in [0, 0.1) is 5.92 Å². The minimum absolute atomic E-state index is 0.258. The second kappa shape index (κ2) is 3.79. The van der Waals surface area contributed by atoms with E-state index in [0.29, 0.717) is 5.92 Å². The fourth-order valence-corrected chi connectivity index (χ4v) is 1.78. The van der Waals surface area contributed by atoms with Gasteiger partial charge in [0.05, 0.1) is 12.4 Å². The Labute approximate surface area is 77.6 Å². The predicted molar refractivity (Wildman–Crippen MR) is 49.5 cm³/mol. The molecule has 2 N–H and O–H groups in total. The molecule has 0 aromatic carbocycles. The van der Waals surface area contributed by atoms with Gasteiger partial charge >= 0.3 is 0 Å². The lowest BCUT2D eigenvalue weighted by Crippen LogP contribution is -2.29. The zero-order valence-electron chi connectivity index (χ0n) is 7.61. The van der Waals surface area contributed by atoms with Gasteiger partial charge in [-0.3, -0.25) is 4.68 Å². The average molecular weight is 181 g/mol. The molecule has 0 unspecified atom stereocenters. The van der Waals surface area contributed by atoms with Gasteiger partial charge in [0.25, 0.3) is 0 Å². The highest BCUT2D eigenvalue weighted by atomic mass is 16.3. The molecule has 0 radical (unpaired) electrons. The number of hydrogen-bond donors (Lipinski definition) is 2. The molecule has 0 atom stereocenters. The molecule has 4 nitrogen and oxygen atoms in total. The summed E-state index contributed by atoms with van der Waals surface area (Å²) in [6, 6.07) is 0. The highest BCUT2D eigenvalue weighted by molar-refractivity contribution is 5.08. The lowest BCUT2D eigenvalue weighted by molar-refractivity contribution is 0.320. The Kier molecular flexibility index (Phi) is 2.49. The third-order valence-electron chi connectivity index (χ3n) is 2.52. The molecule has 1 aromatic heterocycles. The maximum absolute atomic E-state index is 9.09. The SMILES string of the molecule is Oc1cnn(CC2CCNCC2)c1. The first-order valence-electron chi connectivity index (χ1n) is 4.77. The minimum Gasteiger partial charge on any atom is -0.505 e. The van der Waals surface area contributed by atoms with Crippen LogP contribution in [0.1, 0.15) is 12.8 Å². The van der Waals surface area contributed by atoms with Crippen LogP contribution in [0.3, 0.4) is 0 Å². The summed E-state index contributed by atoms with van der Waals surface area (Å²) >= 11 is 0. The summed E-state index contributed by atoms with van der Waals surface area (Å²) in [5.41, 5.74) is 0. The minimum atomic E-state index is 0.258. The van der Waals surface area contributed by atoms with Gasteiger partial charge in [-0.05, 0) is 31.8 Å². The van der Waals surface area contributed by atoms with E-state index in [4.69, 9.17) is 5.11 Å². The molecule has 13 heavy (non-hydrogen) atoms. The summed E-state index contributed by atoms with van der Waals surface area (Å²) in [7, 11) is 0. The number of rotatable bonds is 2. The summed E-state index contributed by atoms with van der Waals surface area (Å²) in [6.07, 6.45) is 5.59. The summed E-state index contributed by atoms with van der Waals surface area (Å²) in [5.74, 6) is 0.967. The van der Waals surface area contributed by atoms with Crippen LogP contribution in [0.4, 0.5) is 0 Å². The van der Waals surface area contributed by atoms with E-state index < -0.39 is 0 Å². The van der Waals surface area contributed by atoms with Crippen LogP contribution in [0.25, 0.3) is 0 Å². The predicted octanol–water partition coefficient (Wildman–Crippen LogP) is 0.588. The fourth-order valence-electron chi connectivity index (χ4n) is 1.78. The van der Waals surface area contributed by atoms with Crippen LogP contribution in [-0.2, 0) is 6.54 Å². The fraction of sp³-hybridized carbons (Fsp3) is 0.667. The molecule has 0 saturated carbocycles. The average Bonchev–Trinajstić information content (AvgIpc) is 2.53. The number of nitrogens with zero attached hydrogens (tertiary/aromatic N) is 2. The molecule has 2 rings (SSSR count). The zero-order valence-corrected chi connectivity index (χ0v) is 7.61. The van der Waals surface area contributed by atoms with Gasteiger partial charge in [0.15, 0.2) is 5.75 Å². The second-order valence-corrected chi connectivity index (χ2v) is 3.61. The van der Waals surface area contributed by atoms with Gasteiger partial charge in [0.2, 0.25) is 0 Å². The molecular formula is C9H15N3O. The summed E-state index contributed by atoms with van der Waals surface area (Å²) in [4.78, 5) is 0. The Morgan fingerprint density at radius 2 is 2.31 bits per heavy atom. The molecule has 4 heteroatoms. The molecule has 1 aliphatic heterocycles. The van der Waals surface area contributed by atoms with Crippen molar-refractivity contribution in [2.75, 3.05) is 13.1 Å². The lowest BCUT2D eigenvalue weighted by atomic mass is 9.98. The molecule has 0 spiro atoms. The van der Waals surface area contributed by atoms with Gasteiger partial charge in [-0.25, -0.2) is 0 Å². The maximum Gasteiger partial charge on any atom is 0.153 e. The number of nitrogens with one attached hydrogen (secondary N) is 1. The van der Waals surface area contributed by atoms with E-state index in [1.165, 1.54) is 19.0 Å². The maximum atomic E-state index is 9.09. The van der Waals surface area contributed by atoms with Crippen molar-refractivity contribution >= 4 is 0 Å². The van der Waals surface area contributed by atoms with Crippen LogP contribution in [0.5, 0.6) is 5.75 Å². The molecule has 1 fully saturated rings. The Morgan fingerprint density at radius 1 is 1.54 bits per heavy atom. The lowest BCUT2D eigenvalue weighted by Gasteiger charge is -2.22. The van der Waals surface area contributed by atoms with Crippen molar-refractivity contribution < 1.29 is 5.11 Å². The van der Waals surface area contributed by atoms with Crippen LogP contribution in [0.15, 0.2) is 12.4 Å². The zero-order chi connectivity index (χ0) is 9.10. The van der Waals surface area contributed by atoms with Crippen molar-refractivity contribution in [3.8, 4) is 5.75 Å². The Balaban J connectivity index is 1.89. The molecule has 2 heterocycles. The smallest absolute Gasteiger partial charge is 0.153 e. The topological polar surface area (TPSA) is 50.1 Å². The van der Waals surface area contributed by atoms with Gasteiger partial charge in [0.1, 0.15) is 0 Å². The van der Waals surface area contributed by atoms with Crippen molar-refractivity contribution in [1.82, 2.24) is 15.1 Å². The molecule has 0 bridgehead atoms. The quantitative estimate of drug-likeness (QED) is 0.702. The van der Waals surface area contributed by atoms with Gasteiger partial charge in [0, 0.05) is 6.54 Å². The highest BCUT2D eigenvalue weighted by Gasteiger charge is 2.13. The third-order valence-corrected chi connectivity index (χ3v) is 2.52. The summed E-state index contributed by atoms with van der Waals surface area (Å²) in [5, 5.41) is 16.5. The normalized spacial score (nSPS) is 19.1. The van der Waals surface area contributed by atoms with Crippen LogP contribution >= 0.6 is 0 Å². The molecular weight excluding hydrogens is 166 g/mol. The summed E-state index contributed by atoms with van der Waals surface area (Å²) < 4.78 is 1.82. The van der Waals surface area contributed by atoms with Gasteiger partial charge in [-0.1, -0.05) is 0 Å². The molecule has 0 aliphatic carbocycles. The van der Waals surface area contributed by atoms with E-state index >= 15 is 0 Å². The summed E-state index contributed by atoms with van der Waals surface area (Å²) in [6.45, 7) is 3.15. The molecule has 1 saturated heterocycles. The van der Waals surface area contributed by atoms with Crippen molar-refractivity contribution in [2.24, 2.45) is 5.92 Å². The van der Waals surface area contributed by atoms with E-state index in [1.54, 1.807) is 6.20 Å². The highest BCUT2D eigenvalue weighted by Crippen LogP contribution is 2.15. The monoisotopic (exact) mass is 181 g/mol. The van der Waals surface area contributed by atoms with Crippen molar-refractivity contribution in [2.45, 2.75) is 19.4 Å². The number of piperidine rings is 1. The number of hydrogen-bond acceptors (Lipinski definition) is 3. The first-order chi connectivity index (χ1) is 6.34. The third kappa shape index (κ3) is 2.21. The standard InChI is InChI=1S/C9H15N3O/c13-9-5-11-12(7-9)6-8-1-3-10-4-2-8/h5,7-8,10,13H,1-4,6H2. The number of aromatic nitrogens is 2. The van der Waals surface area contributed by atoms with Gasteiger partial charge < -0.3 is 10.4 Å². The van der Waals surface area contributed by atoms with E-state index in [1.807, 2.05) is 4.68 Å². The molecule has 1 aliphatic rings. The molecule has 1 aromatic rings. The molecule has 72 valence electrons. The van der Waals surface area contributed by atoms with E-state index in [-0.39, 0.29) is 5.75 Å². The van der Waals surface area contributed by atoms with Gasteiger partial charge in [-0.2, -0.15) is 5.10 Å². The van der Waals surface area contributed by atoms with E-state index in [9.17, 15) is 0 Å². The largest absolute Gasteiger partial charge is 0.505 e. The molecule has 0 amide bonds. The Bertz CT molecular complexity index is 266.